The third-order valence-electron chi connectivity index (χ3n) is 8.49. The van der Waals surface area contributed by atoms with Crippen molar-refractivity contribution < 1.29 is 17.6 Å². The van der Waals surface area contributed by atoms with Gasteiger partial charge in [-0.05, 0) is 102 Å². The highest BCUT2D eigenvalue weighted by Gasteiger charge is 2.26. The maximum atomic E-state index is 15.3. The predicted octanol–water partition coefficient (Wildman–Crippen LogP) is 5.05. The number of hydrogen-bond donors (Lipinski definition) is 0. The molecule has 2 aromatic heterocycles. The van der Waals surface area contributed by atoms with Crippen LogP contribution in [0.1, 0.15) is 61.1 Å². The normalized spacial score (nSPS) is 18.4. The molecule has 0 radical (unpaired) electrons. The van der Waals surface area contributed by atoms with Gasteiger partial charge in [0.05, 0.1) is 17.6 Å². The topological polar surface area (TPSA) is 72.3 Å². The molecular weight excluding hydrogens is 521 g/mol. The van der Waals surface area contributed by atoms with Crippen LogP contribution in [0, 0.1) is 5.82 Å². The molecule has 0 unspecified atom stereocenters. The van der Waals surface area contributed by atoms with Crippen molar-refractivity contribution in [2.45, 2.75) is 50.6 Å². The lowest BCUT2D eigenvalue weighted by molar-refractivity contribution is 0.116. The van der Waals surface area contributed by atoms with Gasteiger partial charge in [-0.25, -0.2) is 9.18 Å². The number of hydrogen-bond acceptors (Lipinski definition) is 6. The van der Waals surface area contributed by atoms with E-state index in [9.17, 15) is 13.6 Å². The molecule has 2 aliphatic heterocycles. The third-order valence-corrected chi connectivity index (χ3v) is 8.49. The molecule has 2 fully saturated rings. The molecule has 0 aliphatic carbocycles. The first-order valence-corrected chi connectivity index (χ1v) is 13.8. The summed E-state index contributed by atoms with van der Waals surface area (Å²) in [5.41, 5.74) is 3.29. The van der Waals surface area contributed by atoms with Crippen LogP contribution in [0.25, 0.3) is 22.5 Å². The molecule has 2 saturated heterocycles. The van der Waals surface area contributed by atoms with Crippen molar-refractivity contribution in [3.63, 3.8) is 0 Å². The Balaban J connectivity index is 1.37. The largest absolute Gasteiger partial charge is 0.415 e. The van der Waals surface area contributed by atoms with Crippen molar-refractivity contribution in [3.05, 3.63) is 69.7 Å². The van der Waals surface area contributed by atoms with Crippen LogP contribution < -0.4 is 5.69 Å². The van der Waals surface area contributed by atoms with Crippen LogP contribution in [0.4, 0.5) is 13.2 Å². The zero-order chi connectivity index (χ0) is 28.0. The number of aromatic nitrogens is 4. The quantitative estimate of drug-likeness (QED) is 0.332. The van der Waals surface area contributed by atoms with Crippen LogP contribution in [-0.2, 0) is 6.54 Å². The number of fused-ring (bicyclic) bond motifs is 1. The Labute approximate surface area is 230 Å². The van der Waals surface area contributed by atoms with Gasteiger partial charge in [-0.15, -0.1) is 10.2 Å². The van der Waals surface area contributed by atoms with E-state index >= 15 is 4.39 Å². The molecule has 0 atom stereocenters. The van der Waals surface area contributed by atoms with Gasteiger partial charge >= 0.3 is 12.1 Å². The Morgan fingerprint density at radius 2 is 1.62 bits per heavy atom. The second-order valence-electron chi connectivity index (χ2n) is 11.2. The minimum Gasteiger partial charge on any atom is -0.415 e. The zero-order valence-electron chi connectivity index (χ0n) is 22.7. The standard InChI is InChI=1S/C29H33F3N6O2/c1-35-11-7-18(8-12-35)19-5-6-24-25(16-19)38(22-9-13-36(2)14-10-22)29(39)37(24)17-21-4-3-20(15-23(21)30)27-33-34-28(40-27)26(31)32/h3-6,15-16,18,22,26H,7-14,17H2,1-2H3. The van der Waals surface area contributed by atoms with Gasteiger partial charge in [0.25, 0.3) is 5.89 Å². The second kappa shape index (κ2) is 10.9. The van der Waals surface area contributed by atoms with Crippen LogP contribution in [0.15, 0.2) is 45.6 Å². The van der Waals surface area contributed by atoms with Crippen LogP contribution in [0.5, 0.6) is 0 Å². The predicted molar refractivity (Wildman–Crippen MR) is 145 cm³/mol. The van der Waals surface area contributed by atoms with Gasteiger partial charge in [-0.3, -0.25) is 9.13 Å². The second-order valence-corrected chi connectivity index (χ2v) is 11.2. The molecule has 4 heterocycles. The molecule has 2 aromatic carbocycles. The number of likely N-dealkylation sites (tertiary alicyclic amines) is 2. The maximum Gasteiger partial charge on any atom is 0.329 e. The van der Waals surface area contributed by atoms with E-state index in [-0.39, 0.29) is 29.7 Å². The third kappa shape index (κ3) is 5.08. The molecule has 0 amide bonds. The smallest absolute Gasteiger partial charge is 0.329 e. The summed E-state index contributed by atoms with van der Waals surface area (Å²) >= 11 is 0. The highest BCUT2D eigenvalue weighted by atomic mass is 19.3. The van der Waals surface area contributed by atoms with Crippen molar-refractivity contribution in [1.29, 1.82) is 0 Å². The van der Waals surface area contributed by atoms with E-state index < -0.39 is 18.1 Å². The molecule has 0 N–H and O–H groups in total. The summed E-state index contributed by atoms with van der Waals surface area (Å²) < 4.78 is 49.5. The summed E-state index contributed by atoms with van der Waals surface area (Å²) in [5.74, 6) is -1.12. The number of nitrogens with zero attached hydrogens (tertiary/aromatic N) is 6. The van der Waals surface area contributed by atoms with Crippen LogP contribution >= 0.6 is 0 Å². The first-order valence-electron chi connectivity index (χ1n) is 13.8. The summed E-state index contributed by atoms with van der Waals surface area (Å²) in [6, 6.07) is 10.6. The summed E-state index contributed by atoms with van der Waals surface area (Å²) in [6.45, 7) is 3.97. The van der Waals surface area contributed by atoms with Gasteiger partial charge in [0.2, 0.25) is 5.89 Å². The number of alkyl halides is 2. The van der Waals surface area contributed by atoms with E-state index in [1.165, 1.54) is 17.7 Å². The van der Waals surface area contributed by atoms with E-state index in [0.717, 1.165) is 62.9 Å². The molecular formula is C29H33F3N6O2. The molecule has 0 bridgehead atoms. The van der Waals surface area contributed by atoms with Crippen molar-refractivity contribution in [2.75, 3.05) is 40.3 Å². The van der Waals surface area contributed by atoms with E-state index in [2.05, 4.69) is 46.2 Å². The molecule has 2 aliphatic rings. The fourth-order valence-electron chi connectivity index (χ4n) is 6.07. The maximum absolute atomic E-state index is 15.3. The van der Waals surface area contributed by atoms with Crippen molar-refractivity contribution in [1.82, 2.24) is 29.1 Å². The van der Waals surface area contributed by atoms with Crippen molar-refractivity contribution in [2.24, 2.45) is 0 Å². The molecule has 0 saturated carbocycles. The first-order chi connectivity index (χ1) is 19.3. The summed E-state index contributed by atoms with van der Waals surface area (Å²) in [4.78, 5) is 18.6. The van der Waals surface area contributed by atoms with Crippen LogP contribution in [-0.4, -0.2) is 69.4 Å². The van der Waals surface area contributed by atoms with Crippen molar-refractivity contribution in [3.8, 4) is 11.5 Å². The van der Waals surface area contributed by atoms with Gasteiger partial charge in [0.1, 0.15) is 5.82 Å². The van der Waals surface area contributed by atoms with E-state index in [1.807, 2.05) is 10.6 Å². The fourth-order valence-corrected chi connectivity index (χ4v) is 6.07. The van der Waals surface area contributed by atoms with E-state index in [1.54, 1.807) is 10.6 Å². The molecule has 6 rings (SSSR count). The highest BCUT2D eigenvalue weighted by Crippen LogP contribution is 2.32. The number of halogens is 3. The van der Waals surface area contributed by atoms with Gasteiger partial charge in [-0.1, -0.05) is 12.1 Å². The number of rotatable bonds is 6. The lowest BCUT2D eigenvalue weighted by atomic mass is 9.89. The van der Waals surface area contributed by atoms with Crippen LogP contribution in [0.3, 0.4) is 0 Å². The number of benzene rings is 2. The molecule has 40 heavy (non-hydrogen) atoms. The highest BCUT2D eigenvalue weighted by molar-refractivity contribution is 5.77. The Morgan fingerprint density at radius 3 is 2.27 bits per heavy atom. The van der Waals surface area contributed by atoms with Gasteiger partial charge in [0, 0.05) is 17.2 Å². The monoisotopic (exact) mass is 554 g/mol. The molecule has 0 spiro atoms. The molecule has 11 heteroatoms. The average Bonchev–Trinajstić information content (AvgIpc) is 3.54. The lowest BCUT2D eigenvalue weighted by Gasteiger charge is -2.30. The Kier molecular flexibility index (Phi) is 7.26. The average molecular weight is 555 g/mol. The number of imidazole rings is 1. The molecule has 4 aromatic rings. The SMILES string of the molecule is CN1CCC(c2ccc3c(c2)n(C2CCN(C)CC2)c(=O)n3Cc2ccc(-c3nnc(C(F)F)o3)cc2F)CC1. The minimum absolute atomic E-state index is 0.0424. The van der Waals surface area contributed by atoms with Crippen molar-refractivity contribution >= 4 is 11.0 Å². The first kappa shape index (κ1) is 26.8. The Hall–Kier alpha value is -3.44. The van der Waals surface area contributed by atoms with E-state index in [4.69, 9.17) is 4.42 Å². The van der Waals surface area contributed by atoms with E-state index in [0.29, 0.717) is 11.5 Å². The Morgan fingerprint density at radius 1 is 0.925 bits per heavy atom. The lowest BCUT2D eigenvalue weighted by Crippen LogP contribution is -2.36. The molecule has 212 valence electrons. The Bertz CT molecular complexity index is 1560. The zero-order valence-corrected chi connectivity index (χ0v) is 22.7. The molecule has 8 nitrogen and oxygen atoms in total. The minimum atomic E-state index is -2.90. The summed E-state index contributed by atoms with van der Waals surface area (Å²) in [7, 11) is 4.24. The fraction of sp³-hybridized carbons (Fsp3) is 0.483. The van der Waals surface area contributed by atoms with Gasteiger partial charge in [0.15, 0.2) is 0 Å². The summed E-state index contributed by atoms with van der Waals surface area (Å²) in [6.07, 6.45) is 1.01. The number of piperidine rings is 2. The van der Waals surface area contributed by atoms with Gasteiger partial charge in [-0.2, -0.15) is 8.78 Å². The van der Waals surface area contributed by atoms with Crippen LogP contribution in [0.2, 0.25) is 0 Å². The summed E-state index contributed by atoms with van der Waals surface area (Å²) in [5, 5.41) is 6.91. The van der Waals surface area contributed by atoms with Gasteiger partial charge < -0.3 is 14.2 Å².